The molecule has 0 saturated carbocycles. The van der Waals surface area contributed by atoms with Gasteiger partial charge in [0.1, 0.15) is 0 Å². The van der Waals surface area contributed by atoms with E-state index < -0.39 is 0 Å². The van der Waals surface area contributed by atoms with Gasteiger partial charge in [0.2, 0.25) is 5.91 Å². The standard InChI is InChI=1S/C12H24N2O2/c1-5-10(8-16-4)14-11(6-9(2)3)13-7-12(14)15/h9-11,13H,5-8H2,1-4H3. The molecule has 1 amide bonds. The number of carbonyl (C=O) groups is 1. The van der Waals surface area contributed by atoms with Gasteiger partial charge in [0.25, 0.3) is 0 Å². The molecule has 1 aliphatic heterocycles. The predicted molar refractivity (Wildman–Crippen MR) is 64.0 cm³/mol. The Morgan fingerprint density at radius 2 is 2.25 bits per heavy atom. The maximum absolute atomic E-state index is 11.8. The number of hydrogen-bond donors (Lipinski definition) is 1. The number of rotatable bonds is 6. The van der Waals surface area contributed by atoms with Crippen molar-refractivity contribution >= 4 is 5.91 Å². The topological polar surface area (TPSA) is 41.6 Å². The van der Waals surface area contributed by atoms with Crippen LogP contribution in [0.5, 0.6) is 0 Å². The van der Waals surface area contributed by atoms with Crippen LogP contribution in [-0.2, 0) is 9.53 Å². The van der Waals surface area contributed by atoms with Gasteiger partial charge in [0.15, 0.2) is 0 Å². The number of amides is 1. The number of carbonyl (C=O) groups excluding carboxylic acids is 1. The van der Waals surface area contributed by atoms with E-state index in [0.717, 1.165) is 12.8 Å². The minimum absolute atomic E-state index is 0.188. The molecule has 1 rings (SSSR count). The van der Waals surface area contributed by atoms with Crippen molar-refractivity contribution < 1.29 is 9.53 Å². The summed E-state index contributed by atoms with van der Waals surface area (Å²) in [7, 11) is 1.69. The van der Waals surface area contributed by atoms with Gasteiger partial charge in [0.05, 0.1) is 25.4 Å². The molecule has 16 heavy (non-hydrogen) atoms. The SMILES string of the molecule is CCC(COC)N1C(=O)CNC1CC(C)C. The second kappa shape index (κ2) is 6.21. The summed E-state index contributed by atoms with van der Waals surface area (Å²) >= 11 is 0. The molecule has 1 aliphatic rings. The summed E-state index contributed by atoms with van der Waals surface area (Å²) in [4.78, 5) is 13.8. The Labute approximate surface area is 98.3 Å². The summed E-state index contributed by atoms with van der Waals surface area (Å²) < 4.78 is 5.19. The summed E-state index contributed by atoms with van der Waals surface area (Å²) in [6, 6.07) is 0.205. The lowest BCUT2D eigenvalue weighted by molar-refractivity contribution is -0.131. The first-order chi connectivity index (χ1) is 7.60. The van der Waals surface area contributed by atoms with E-state index in [-0.39, 0.29) is 18.1 Å². The Morgan fingerprint density at radius 3 is 2.75 bits per heavy atom. The van der Waals surface area contributed by atoms with Gasteiger partial charge in [0, 0.05) is 7.11 Å². The van der Waals surface area contributed by atoms with E-state index in [1.54, 1.807) is 7.11 Å². The summed E-state index contributed by atoms with van der Waals surface area (Å²) in [6.07, 6.45) is 2.13. The third kappa shape index (κ3) is 3.19. The van der Waals surface area contributed by atoms with Gasteiger partial charge in [-0.05, 0) is 18.8 Å². The van der Waals surface area contributed by atoms with Gasteiger partial charge < -0.3 is 9.64 Å². The summed E-state index contributed by atoms with van der Waals surface area (Å²) in [6.45, 7) is 7.55. The fourth-order valence-electron chi connectivity index (χ4n) is 2.26. The van der Waals surface area contributed by atoms with Crippen molar-refractivity contribution in [3.05, 3.63) is 0 Å². The normalized spacial score (nSPS) is 23.2. The lowest BCUT2D eigenvalue weighted by Gasteiger charge is -2.32. The van der Waals surface area contributed by atoms with Crippen molar-refractivity contribution in [2.24, 2.45) is 5.92 Å². The maximum Gasteiger partial charge on any atom is 0.238 e. The molecule has 1 fully saturated rings. The first kappa shape index (κ1) is 13.5. The third-order valence-corrected chi connectivity index (χ3v) is 3.03. The molecule has 0 aliphatic carbocycles. The van der Waals surface area contributed by atoms with Crippen LogP contribution in [-0.4, -0.2) is 43.3 Å². The van der Waals surface area contributed by atoms with Crippen molar-refractivity contribution in [3.8, 4) is 0 Å². The highest BCUT2D eigenvalue weighted by molar-refractivity contribution is 5.81. The molecule has 0 aromatic rings. The Bertz CT molecular complexity index is 231. The average Bonchev–Trinajstić information content (AvgIpc) is 2.56. The first-order valence-electron chi connectivity index (χ1n) is 6.13. The highest BCUT2D eigenvalue weighted by Gasteiger charge is 2.35. The van der Waals surface area contributed by atoms with Gasteiger partial charge in [-0.25, -0.2) is 0 Å². The van der Waals surface area contributed by atoms with Crippen molar-refractivity contribution in [3.63, 3.8) is 0 Å². The Balaban J connectivity index is 2.67. The van der Waals surface area contributed by atoms with Gasteiger partial charge in [-0.3, -0.25) is 10.1 Å². The van der Waals surface area contributed by atoms with Crippen molar-refractivity contribution in [2.45, 2.75) is 45.8 Å². The quantitative estimate of drug-likeness (QED) is 0.743. The smallest absolute Gasteiger partial charge is 0.238 e. The number of nitrogens with zero attached hydrogens (tertiary/aromatic N) is 1. The molecule has 94 valence electrons. The lowest BCUT2D eigenvalue weighted by Crippen LogP contribution is -2.47. The van der Waals surface area contributed by atoms with Crippen LogP contribution in [0.4, 0.5) is 0 Å². The van der Waals surface area contributed by atoms with E-state index >= 15 is 0 Å². The zero-order valence-corrected chi connectivity index (χ0v) is 10.8. The molecular weight excluding hydrogens is 204 g/mol. The number of nitrogens with one attached hydrogen (secondary N) is 1. The molecule has 0 aromatic carbocycles. The van der Waals surface area contributed by atoms with E-state index in [0.29, 0.717) is 19.1 Å². The highest BCUT2D eigenvalue weighted by Crippen LogP contribution is 2.18. The molecule has 0 bridgehead atoms. The monoisotopic (exact) mass is 228 g/mol. The average molecular weight is 228 g/mol. The molecule has 1 heterocycles. The van der Waals surface area contributed by atoms with Crippen molar-refractivity contribution in [1.82, 2.24) is 10.2 Å². The third-order valence-electron chi connectivity index (χ3n) is 3.03. The molecule has 2 atom stereocenters. The van der Waals surface area contributed by atoms with Crippen LogP contribution in [0, 0.1) is 5.92 Å². The van der Waals surface area contributed by atoms with Gasteiger partial charge in [-0.1, -0.05) is 20.8 Å². The summed E-state index contributed by atoms with van der Waals surface area (Å²) in [5, 5.41) is 3.28. The summed E-state index contributed by atoms with van der Waals surface area (Å²) in [5.74, 6) is 0.792. The van der Waals surface area contributed by atoms with Crippen LogP contribution < -0.4 is 5.32 Å². The van der Waals surface area contributed by atoms with E-state index in [4.69, 9.17) is 4.74 Å². The van der Waals surface area contributed by atoms with Crippen LogP contribution in [0.15, 0.2) is 0 Å². The van der Waals surface area contributed by atoms with Crippen LogP contribution in [0.2, 0.25) is 0 Å². The molecular formula is C12H24N2O2. The van der Waals surface area contributed by atoms with E-state index in [1.165, 1.54) is 0 Å². The first-order valence-corrected chi connectivity index (χ1v) is 6.13. The molecule has 1 saturated heterocycles. The second-order valence-electron chi connectivity index (χ2n) is 4.84. The lowest BCUT2D eigenvalue weighted by atomic mass is 10.1. The zero-order valence-electron chi connectivity index (χ0n) is 10.8. The minimum Gasteiger partial charge on any atom is -0.383 e. The van der Waals surface area contributed by atoms with E-state index in [2.05, 4.69) is 26.1 Å². The predicted octanol–water partition coefficient (Wildman–Crippen LogP) is 1.22. The van der Waals surface area contributed by atoms with E-state index in [1.807, 2.05) is 4.90 Å². The minimum atomic E-state index is 0.188. The van der Waals surface area contributed by atoms with Crippen molar-refractivity contribution in [1.29, 1.82) is 0 Å². The molecule has 4 heteroatoms. The molecule has 0 spiro atoms. The number of hydrogen-bond acceptors (Lipinski definition) is 3. The van der Waals surface area contributed by atoms with Gasteiger partial charge in [-0.15, -0.1) is 0 Å². The van der Waals surface area contributed by atoms with Gasteiger partial charge >= 0.3 is 0 Å². The second-order valence-corrected chi connectivity index (χ2v) is 4.84. The Hall–Kier alpha value is -0.610. The molecule has 2 unspecified atom stereocenters. The largest absolute Gasteiger partial charge is 0.383 e. The Morgan fingerprint density at radius 1 is 1.56 bits per heavy atom. The molecule has 1 N–H and O–H groups in total. The number of ether oxygens (including phenoxy) is 1. The van der Waals surface area contributed by atoms with E-state index in [9.17, 15) is 4.79 Å². The maximum atomic E-state index is 11.8. The van der Waals surface area contributed by atoms with Crippen LogP contribution >= 0.6 is 0 Å². The summed E-state index contributed by atoms with van der Waals surface area (Å²) in [5.41, 5.74) is 0. The zero-order chi connectivity index (χ0) is 12.1. The van der Waals surface area contributed by atoms with Crippen LogP contribution in [0.25, 0.3) is 0 Å². The number of methoxy groups -OCH3 is 1. The van der Waals surface area contributed by atoms with Crippen LogP contribution in [0.3, 0.4) is 0 Å². The molecule has 0 aromatic heterocycles. The van der Waals surface area contributed by atoms with Crippen molar-refractivity contribution in [2.75, 3.05) is 20.3 Å². The fraction of sp³-hybridized carbons (Fsp3) is 0.917. The molecule has 0 radical (unpaired) electrons. The van der Waals surface area contributed by atoms with Gasteiger partial charge in [-0.2, -0.15) is 0 Å². The Kier molecular flexibility index (Phi) is 5.22. The highest BCUT2D eigenvalue weighted by atomic mass is 16.5. The molecule has 4 nitrogen and oxygen atoms in total. The van der Waals surface area contributed by atoms with Crippen LogP contribution in [0.1, 0.15) is 33.6 Å². The fourth-order valence-corrected chi connectivity index (χ4v) is 2.26.